The molecule has 1 fully saturated rings. The Bertz CT molecular complexity index is 1230. The van der Waals surface area contributed by atoms with Gasteiger partial charge in [0, 0.05) is 32.7 Å². The molecule has 1 atom stereocenters. The molecule has 0 amide bonds. The van der Waals surface area contributed by atoms with Gasteiger partial charge >= 0.3 is 0 Å². The van der Waals surface area contributed by atoms with Crippen LogP contribution in [-0.4, -0.2) is 21.2 Å². The number of carbonyl (C=O) groups is 1. The van der Waals surface area contributed by atoms with Gasteiger partial charge in [-0.25, -0.2) is 0 Å². The summed E-state index contributed by atoms with van der Waals surface area (Å²) < 4.78 is 0.924. The molecule has 1 aliphatic heterocycles. The Labute approximate surface area is 212 Å². The third-order valence-electron chi connectivity index (χ3n) is 6.83. The van der Waals surface area contributed by atoms with Crippen LogP contribution in [0.25, 0.3) is 0 Å². The molecule has 2 N–H and O–H groups in total. The second-order valence-electron chi connectivity index (χ2n) is 10.2. The molecule has 1 saturated carbocycles. The van der Waals surface area contributed by atoms with Crippen molar-refractivity contribution < 1.29 is 4.79 Å². The number of allylic oxidation sites excluding steroid dienone is 3. The van der Waals surface area contributed by atoms with E-state index in [0.29, 0.717) is 40.2 Å². The first-order valence-electron chi connectivity index (χ1n) is 11.8. The number of nitrogens with zero attached hydrogens (tertiary/aromatic N) is 4. The lowest BCUT2D eigenvalue weighted by Gasteiger charge is -2.42. The van der Waals surface area contributed by atoms with Crippen LogP contribution >= 0.6 is 34.4 Å². The van der Waals surface area contributed by atoms with E-state index in [2.05, 4.69) is 30.1 Å². The SMILES string of the molecule is Cc1ccc(C2C(C#N)=C(N)N(c3nnc(SC4CCCCC4)s3)C3=C2C(=O)CC(C)(C)C3)s1. The van der Waals surface area contributed by atoms with Gasteiger partial charge in [0.05, 0.1) is 17.6 Å². The highest BCUT2D eigenvalue weighted by Crippen LogP contribution is 2.51. The average Bonchev–Trinajstić information content (AvgIpc) is 3.42. The quantitative estimate of drug-likeness (QED) is 0.516. The summed E-state index contributed by atoms with van der Waals surface area (Å²) in [5.41, 5.74) is 8.51. The molecule has 0 radical (unpaired) electrons. The van der Waals surface area contributed by atoms with Gasteiger partial charge in [0.1, 0.15) is 5.82 Å². The summed E-state index contributed by atoms with van der Waals surface area (Å²) in [4.78, 5) is 17.5. The lowest BCUT2D eigenvalue weighted by Crippen LogP contribution is -2.42. The molecule has 0 spiro atoms. The Balaban J connectivity index is 1.59. The van der Waals surface area contributed by atoms with Gasteiger partial charge in [0.2, 0.25) is 5.13 Å². The first kappa shape index (κ1) is 23.6. The monoisotopic (exact) mass is 511 g/mol. The first-order valence-corrected chi connectivity index (χ1v) is 14.3. The van der Waals surface area contributed by atoms with E-state index in [9.17, 15) is 10.1 Å². The van der Waals surface area contributed by atoms with Crippen LogP contribution in [0.15, 0.2) is 39.1 Å². The molecule has 0 saturated heterocycles. The van der Waals surface area contributed by atoms with Crippen molar-refractivity contribution in [3.63, 3.8) is 0 Å². The number of rotatable bonds is 4. The van der Waals surface area contributed by atoms with Crippen LogP contribution in [0.3, 0.4) is 0 Å². The molecule has 9 heteroatoms. The number of Topliss-reactive ketones (excluding diaryl/α,β-unsaturated/α-hetero) is 1. The van der Waals surface area contributed by atoms with Crippen LogP contribution in [0.4, 0.5) is 5.13 Å². The molecular formula is C25H29N5OS3. The van der Waals surface area contributed by atoms with Gasteiger partial charge in [0.15, 0.2) is 10.1 Å². The van der Waals surface area contributed by atoms with Gasteiger partial charge < -0.3 is 5.73 Å². The summed E-state index contributed by atoms with van der Waals surface area (Å²) in [6.07, 6.45) is 7.43. The number of thioether (sulfide) groups is 1. The van der Waals surface area contributed by atoms with E-state index in [1.54, 1.807) is 23.1 Å². The van der Waals surface area contributed by atoms with E-state index in [0.717, 1.165) is 19.8 Å². The predicted octanol–water partition coefficient (Wildman–Crippen LogP) is 6.27. The minimum Gasteiger partial charge on any atom is -0.384 e. The highest BCUT2D eigenvalue weighted by Gasteiger charge is 2.45. The highest BCUT2D eigenvalue weighted by molar-refractivity contribution is 8.01. The predicted molar refractivity (Wildman–Crippen MR) is 139 cm³/mol. The molecule has 3 aliphatic rings. The minimum absolute atomic E-state index is 0.0915. The summed E-state index contributed by atoms with van der Waals surface area (Å²) in [5.74, 6) is 0.0459. The molecule has 178 valence electrons. The Hall–Kier alpha value is -2.15. The van der Waals surface area contributed by atoms with Gasteiger partial charge in [-0.3, -0.25) is 9.69 Å². The van der Waals surface area contributed by atoms with Crippen LogP contribution in [0, 0.1) is 23.7 Å². The van der Waals surface area contributed by atoms with Crippen molar-refractivity contribution in [3.8, 4) is 6.07 Å². The number of aryl methyl sites for hydroxylation is 1. The van der Waals surface area contributed by atoms with E-state index in [1.807, 2.05) is 24.0 Å². The molecule has 0 bridgehead atoms. The number of carbonyl (C=O) groups excluding carboxylic acids is 1. The van der Waals surface area contributed by atoms with E-state index in [4.69, 9.17) is 5.73 Å². The Morgan fingerprint density at radius 2 is 1.94 bits per heavy atom. The molecule has 2 aliphatic carbocycles. The lowest BCUT2D eigenvalue weighted by atomic mass is 9.70. The molecule has 1 unspecified atom stereocenters. The molecule has 0 aromatic carbocycles. The maximum absolute atomic E-state index is 13.6. The van der Waals surface area contributed by atoms with Crippen molar-refractivity contribution in [1.29, 1.82) is 5.26 Å². The second kappa shape index (κ2) is 9.14. The van der Waals surface area contributed by atoms with Crippen molar-refractivity contribution in [3.05, 3.63) is 44.6 Å². The fourth-order valence-corrected chi connectivity index (χ4v) is 8.67. The summed E-state index contributed by atoms with van der Waals surface area (Å²) >= 11 is 4.93. The number of nitrogens with two attached hydrogens (primary N) is 1. The molecule has 5 rings (SSSR count). The fourth-order valence-electron chi connectivity index (χ4n) is 5.29. The Kier molecular flexibility index (Phi) is 6.34. The number of hydrogen-bond donors (Lipinski definition) is 1. The maximum atomic E-state index is 13.6. The van der Waals surface area contributed by atoms with Gasteiger partial charge in [-0.15, -0.1) is 21.5 Å². The van der Waals surface area contributed by atoms with Crippen molar-refractivity contribution in [2.75, 3.05) is 4.90 Å². The number of ketones is 1. The zero-order chi connectivity index (χ0) is 24.0. The Morgan fingerprint density at radius 1 is 1.18 bits per heavy atom. The minimum atomic E-state index is -0.414. The number of nitriles is 1. The summed E-state index contributed by atoms with van der Waals surface area (Å²) in [6.45, 7) is 6.26. The van der Waals surface area contributed by atoms with Crippen LogP contribution in [0.1, 0.15) is 74.5 Å². The van der Waals surface area contributed by atoms with Crippen LogP contribution in [0.5, 0.6) is 0 Å². The van der Waals surface area contributed by atoms with Crippen molar-refractivity contribution in [2.24, 2.45) is 11.1 Å². The smallest absolute Gasteiger partial charge is 0.219 e. The number of aromatic nitrogens is 2. The third-order valence-corrected chi connectivity index (χ3v) is 10.2. The molecule has 3 heterocycles. The van der Waals surface area contributed by atoms with E-state index in [1.165, 1.54) is 43.4 Å². The summed E-state index contributed by atoms with van der Waals surface area (Å²) in [7, 11) is 0. The molecule has 2 aromatic rings. The number of hydrogen-bond acceptors (Lipinski definition) is 9. The zero-order valence-electron chi connectivity index (χ0n) is 19.8. The van der Waals surface area contributed by atoms with Crippen LogP contribution in [0.2, 0.25) is 0 Å². The zero-order valence-corrected chi connectivity index (χ0v) is 22.2. The third kappa shape index (κ3) is 4.32. The summed E-state index contributed by atoms with van der Waals surface area (Å²) in [6, 6.07) is 6.40. The molecular weight excluding hydrogens is 483 g/mol. The molecule has 6 nitrogen and oxygen atoms in total. The topological polar surface area (TPSA) is 95.9 Å². The normalized spacial score (nSPS) is 23.3. The molecule has 2 aromatic heterocycles. The number of anilines is 1. The van der Waals surface area contributed by atoms with Gasteiger partial charge in [-0.1, -0.05) is 56.2 Å². The van der Waals surface area contributed by atoms with Crippen molar-refractivity contribution in [1.82, 2.24) is 10.2 Å². The van der Waals surface area contributed by atoms with Crippen molar-refractivity contribution >= 4 is 45.4 Å². The van der Waals surface area contributed by atoms with E-state index < -0.39 is 5.92 Å². The molecule has 34 heavy (non-hydrogen) atoms. The highest BCUT2D eigenvalue weighted by atomic mass is 32.2. The van der Waals surface area contributed by atoms with E-state index in [-0.39, 0.29) is 11.2 Å². The Morgan fingerprint density at radius 3 is 2.62 bits per heavy atom. The average molecular weight is 512 g/mol. The first-order chi connectivity index (χ1) is 16.3. The lowest BCUT2D eigenvalue weighted by molar-refractivity contribution is -0.118. The second-order valence-corrected chi connectivity index (χ2v) is 14.0. The van der Waals surface area contributed by atoms with Crippen molar-refractivity contribution in [2.45, 2.75) is 81.2 Å². The van der Waals surface area contributed by atoms with Gasteiger partial charge in [0.25, 0.3) is 0 Å². The fraction of sp³-hybridized carbons (Fsp3) is 0.520. The van der Waals surface area contributed by atoms with Crippen LogP contribution in [-0.2, 0) is 4.79 Å². The van der Waals surface area contributed by atoms with Gasteiger partial charge in [-0.2, -0.15) is 5.26 Å². The standard InChI is InChI=1S/C25H29N5OS3/c1-14-9-10-19(32-14)20-16(13-26)22(27)30(17-11-25(2,3)12-18(31)21(17)20)23-28-29-24(34-23)33-15-7-5-4-6-8-15/h9-10,15,20H,4-8,11-12,27H2,1-3H3. The van der Waals surface area contributed by atoms with Crippen LogP contribution < -0.4 is 10.6 Å². The largest absolute Gasteiger partial charge is 0.384 e. The number of thiophene rings is 1. The van der Waals surface area contributed by atoms with Gasteiger partial charge in [-0.05, 0) is 43.7 Å². The maximum Gasteiger partial charge on any atom is 0.219 e. The van der Waals surface area contributed by atoms with E-state index >= 15 is 0 Å². The summed E-state index contributed by atoms with van der Waals surface area (Å²) in [5, 5.41) is 20.4.